The number of anilines is 1. The van der Waals surface area contributed by atoms with Crippen LogP contribution in [0, 0.1) is 0 Å². The molecular formula is C27H41ClN4O5. The standard InChI is InChI=1S/C27H41ClN4O5/c1-2-35-25-15-24(29)23(28)14-22(25)27(34)30-16-21-17-31(12-13-36-21)10-4-3-8-26(33)37-20-7-5-6-19-9-11-32(19)18-20/h14-15,19-21H,2-13,16-18,29H2,1H3,(H,30,34). The zero-order valence-corrected chi connectivity index (χ0v) is 22.6. The number of morpholine rings is 1. The van der Waals surface area contributed by atoms with Crippen molar-refractivity contribution in [2.24, 2.45) is 0 Å². The number of carbonyl (C=O) groups is 2. The van der Waals surface area contributed by atoms with Gasteiger partial charge in [0, 0.05) is 51.3 Å². The molecule has 3 saturated heterocycles. The normalized spacial score (nSPS) is 24.4. The Morgan fingerprint density at radius 1 is 1.19 bits per heavy atom. The third-order valence-corrected chi connectivity index (χ3v) is 7.85. The van der Waals surface area contributed by atoms with E-state index in [2.05, 4.69) is 15.1 Å². The van der Waals surface area contributed by atoms with E-state index in [4.69, 9.17) is 31.5 Å². The van der Waals surface area contributed by atoms with Gasteiger partial charge in [-0.05, 0) is 58.1 Å². The molecule has 3 fully saturated rings. The summed E-state index contributed by atoms with van der Waals surface area (Å²) in [6, 6.07) is 3.83. The van der Waals surface area contributed by atoms with E-state index >= 15 is 0 Å². The summed E-state index contributed by atoms with van der Waals surface area (Å²) in [4.78, 5) is 29.9. The fourth-order valence-electron chi connectivity index (χ4n) is 5.37. The summed E-state index contributed by atoms with van der Waals surface area (Å²) in [7, 11) is 0. The molecule has 0 saturated carbocycles. The topological polar surface area (TPSA) is 106 Å². The maximum absolute atomic E-state index is 12.8. The Morgan fingerprint density at radius 2 is 2.05 bits per heavy atom. The molecule has 4 rings (SSSR count). The maximum Gasteiger partial charge on any atom is 0.306 e. The Labute approximate surface area is 224 Å². The van der Waals surface area contributed by atoms with Crippen LogP contribution >= 0.6 is 11.6 Å². The summed E-state index contributed by atoms with van der Waals surface area (Å²) in [6.07, 6.45) is 6.83. The molecule has 1 amide bonds. The Balaban J connectivity index is 1.13. The van der Waals surface area contributed by atoms with Crippen molar-refractivity contribution in [2.75, 3.05) is 58.2 Å². The van der Waals surface area contributed by atoms with Crippen LogP contribution in [-0.2, 0) is 14.3 Å². The van der Waals surface area contributed by atoms with Crippen LogP contribution < -0.4 is 15.8 Å². The lowest BCUT2D eigenvalue weighted by molar-refractivity contribution is -0.150. The number of ether oxygens (including phenoxy) is 3. The lowest BCUT2D eigenvalue weighted by atomic mass is 10.00. The SMILES string of the molecule is CCOc1cc(N)c(Cl)cc1C(=O)NCC1CN(CCCCC(=O)OC2CCCC3CCN3C2)CCO1. The minimum Gasteiger partial charge on any atom is -0.493 e. The smallest absolute Gasteiger partial charge is 0.306 e. The zero-order valence-electron chi connectivity index (χ0n) is 21.9. The number of nitrogen functional groups attached to an aromatic ring is 1. The fraction of sp³-hybridized carbons (Fsp3) is 0.704. The van der Waals surface area contributed by atoms with E-state index in [0.717, 1.165) is 64.4 Å². The molecule has 206 valence electrons. The molecule has 1 aromatic rings. The number of carbonyl (C=O) groups excluding carboxylic acids is 2. The van der Waals surface area contributed by atoms with Crippen LogP contribution in [-0.4, -0.2) is 92.4 Å². The zero-order chi connectivity index (χ0) is 26.2. The van der Waals surface area contributed by atoms with Gasteiger partial charge in [0.2, 0.25) is 0 Å². The first-order valence-corrected chi connectivity index (χ1v) is 14.1. The number of esters is 1. The predicted molar refractivity (Wildman–Crippen MR) is 143 cm³/mol. The molecule has 37 heavy (non-hydrogen) atoms. The molecular weight excluding hydrogens is 496 g/mol. The third-order valence-electron chi connectivity index (χ3n) is 7.53. The van der Waals surface area contributed by atoms with Gasteiger partial charge in [0.1, 0.15) is 11.9 Å². The first kappa shape index (κ1) is 28.0. The lowest BCUT2D eigenvalue weighted by Gasteiger charge is -2.40. The molecule has 0 spiro atoms. The van der Waals surface area contributed by atoms with Crippen molar-refractivity contribution in [3.63, 3.8) is 0 Å². The molecule has 10 heteroatoms. The van der Waals surface area contributed by atoms with Crippen molar-refractivity contribution in [1.82, 2.24) is 15.1 Å². The van der Waals surface area contributed by atoms with E-state index in [-0.39, 0.29) is 24.1 Å². The van der Waals surface area contributed by atoms with E-state index in [1.807, 2.05) is 6.92 Å². The van der Waals surface area contributed by atoms with Gasteiger partial charge in [-0.15, -0.1) is 0 Å². The summed E-state index contributed by atoms with van der Waals surface area (Å²) in [6.45, 7) is 7.77. The van der Waals surface area contributed by atoms with Crippen LogP contribution in [0.4, 0.5) is 5.69 Å². The van der Waals surface area contributed by atoms with Crippen molar-refractivity contribution in [3.05, 3.63) is 22.7 Å². The lowest BCUT2D eigenvalue weighted by Crippen LogP contribution is -2.49. The molecule has 3 unspecified atom stereocenters. The van der Waals surface area contributed by atoms with Crippen molar-refractivity contribution >= 4 is 29.2 Å². The molecule has 3 atom stereocenters. The number of nitrogens with two attached hydrogens (primary N) is 1. The molecule has 0 aliphatic carbocycles. The molecule has 3 N–H and O–H groups in total. The highest BCUT2D eigenvalue weighted by atomic mass is 35.5. The second kappa shape index (κ2) is 13.6. The maximum atomic E-state index is 12.8. The minimum atomic E-state index is -0.275. The molecule has 3 heterocycles. The van der Waals surface area contributed by atoms with Gasteiger partial charge in [0.15, 0.2) is 0 Å². The molecule has 0 radical (unpaired) electrons. The van der Waals surface area contributed by atoms with Crippen LogP contribution in [0.1, 0.15) is 62.2 Å². The van der Waals surface area contributed by atoms with E-state index in [1.165, 1.54) is 18.9 Å². The van der Waals surface area contributed by atoms with Gasteiger partial charge in [-0.25, -0.2) is 0 Å². The summed E-state index contributed by atoms with van der Waals surface area (Å²) in [5.41, 5.74) is 6.58. The third kappa shape index (κ3) is 7.96. The van der Waals surface area contributed by atoms with E-state index in [9.17, 15) is 9.59 Å². The highest BCUT2D eigenvalue weighted by Gasteiger charge is 2.33. The minimum absolute atomic E-state index is 0.0573. The molecule has 3 aliphatic rings. The number of unbranched alkanes of at least 4 members (excludes halogenated alkanes) is 1. The molecule has 0 aromatic heterocycles. The van der Waals surface area contributed by atoms with Crippen molar-refractivity contribution in [3.8, 4) is 5.75 Å². The summed E-state index contributed by atoms with van der Waals surface area (Å²) in [5, 5.41) is 3.25. The highest BCUT2D eigenvalue weighted by Crippen LogP contribution is 2.29. The van der Waals surface area contributed by atoms with Gasteiger partial charge in [-0.3, -0.25) is 19.4 Å². The van der Waals surface area contributed by atoms with Crippen LogP contribution in [0.15, 0.2) is 12.1 Å². The Morgan fingerprint density at radius 3 is 2.84 bits per heavy atom. The average molecular weight is 537 g/mol. The number of amides is 1. The van der Waals surface area contributed by atoms with Gasteiger partial charge in [0.25, 0.3) is 5.91 Å². The van der Waals surface area contributed by atoms with Crippen molar-refractivity contribution in [2.45, 2.75) is 70.1 Å². The van der Waals surface area contributed by atoms with Crippen molar-refractivity contribution in [1.29, 1.82) is 0 Å². The number of hydrogen-bond acceptors (Lipinski definition) is 8. The van der Waals surface area contributed by atoms with Crippen LogP contribution in [0.3, 0.4) is 0 Å². The number of nitrogens with one attached hydrogen (secondary N) is 1. The summed E-state index contributed by atoms with van der Waals surface area (Å²) >= 11 is 6.12. The van der Waals surface area contributed by atoms with Crippen LogP contribution in [0.5, 0.6) is 5.75 Å². The van der Waals surface area contributed by atoms with Gasteiger partial charge in [-0.2, -0.15) is 0 Å². The Kier molecular flexibility index (Phi) is 10.3. The Bertz CT molecular complexity index is 932. The molecule has 0 bridgehead atoms. The second-order valence-corrected chi connectivity index (χ2v) is 10.7. The summed E-state index contributed by atoms with van der Waals surface area (Å²) < 4.78 is 17.2. The summed E-state index contributed by atoms with van der Waals surface area (Å²) in [5.74, 6) is 0.0685. The second-order valence-electron chi connectivity index (χ2n) is 10.2. The number of halogens is 1. The first-order chi connectivity index (χ1) is 17.9. The van der Waals surface area contributed by atoms with Gasteiger partial charge >= 0.3 is 5.97 Å². The quantitative estimate of drug-likeness (QED) is 0.252. The number of benzene rings is 1. The van der Waals surface area contributed by atoms with Gasteiger partial charge in [0.05, 0.1) is 35.6 Å². The number of hydrogen-bond donors (Lipinski definition) is 2. The fourth-order valence-corrected chi connectivity index (χ4v) is 5.54. The van der Waals surface area contributed by atoms with E-state index < -0.39 is 0 Å². The van der Waals surface area contributed by atoms with Crippen LogP contribution in [0.2, 0.25) is 5.02 Å². The number of rotatable bonds is 11. The van der Waals surface area contributed by atoms with Crippen molar-refractivity contribution < 1.29 is 23.8 Å². The van der Waals surface area contributed by atoms with Gasteiger partial charge < -0.3 is 25.3 Å². The molecule has 9 nitrogen and oxygen atoms in total. The average Bonchev–Trinajstić information content (AvgIpc) is 3.00. The van der Waals surface area contributed by atoms with Crippen LogP contribution in [0.25, 0.3) is 0 Å². The van der Waals surface area contributed by atoms with Gasteiger partial charge in [-0.1, -0.05) is 11.6 Å². The predicted octanol–water partition coefficient (Wildman–Crippen LogP) is 3.09. The number of fused-ring (bicyclic) bond motifs is 1. The van der Waals surface area contributed by atoms with E-state index in [1.54, 1.807) is 6.07 Å². The number of nitrogens with zero attached hydrogens (tertiary/aromatic N) is 2. The van der Waals surface area contributed by atoms with E-state index in [0.29, 0.717) is 48.2 Å². The highest BCUT2D eigenvalue weighted by molar-refractivity contribution is 6.33. The Hall–Kier alpha value is -2.07. The first-order valence-electron chi connectivity index (χ1n) is 13.7. The molecule has 1 aromatic carbocycles. The largest absolute Gasteiger partial charge is 0.493 e. The monoisotopic (exact) mass is 536 g/mol. The molecule has 3 aliphatic heterocycles.